The van der Waals surface area contributed by atoms with Crippen molar-refractivity contribution in [2.45, 2.75) is 77.8 Å². The molecule has 0 atom stereocenters. The van der Waals surface area contributed by atoms with E-state index < -0.39 is 11.6 Å². The van der Waals surface area contributed by atoms with E-state index in [0.717, 1.165) is 42.9 Å². The zero-order valence-electron chi connectivity index (χ0n) is 20.3. The number of rotatable bonds is 5. The predicted molar refractivity (Wildman–Crippen MR) is 129 cm³/mol. The Balaban J connectivity index is 1.34. The normalized spacial score (nSPS) is 26.5. The number of amides is 4. The maximum atomic E-state index is 13.2. The highest BCUT2D eigenvalue weighted by molar-refractivity contribution is 6.10. The Morgan fingerprint density at radius 3 is 2.48 bits per heavy atom. The standard InChI is InChI=1S/C26H38N4O3/c1-25(2,3)20-10-12-26(13-11-20)23(32)30(24(33)28-26)18-22(31)27-21-9-7-8-19(16-21)17-29-14-5-4-6-15-29/h7-9,16,20H,4-6,10-15,17-18H2,1-3H3,(H,27,31)(H,28,33). The highest BCUT2D eigenvalue weighted by Gasteiger charge is 2.53. The van der Waals surface area contributed by atoms with E-state index in [4.69, 9.17) is 0 Å². The van der Waals surface area contributed by atoms with E-state index in [9.17, 15) is 14.4 Å². The predicted octanol–water partition coefficient (Wildman–Crippen LogP) is 4.14. The molecular formula is C26H38N4O3. The van der Waals surface area contributed by atoms with Crippen LogP contribution in [0.5, 0.6) is 0 Å². The maximum Gasteiger partial charge on any atom is 0.325 e. The van der Waals surface area contributed by atoms with Crippen LogP contribution in [0.15, 0.2) is 24.3 Å². The third-order valence-corrected chi connectivity index (χ3v) is 7.68. The molecule has 2 N–H and O–H groups in total. The molecule has 0 aromatic heterocycles. The lowest BCUT2D eigenvalue weighted by atomic mass is 9.67. The fraction of sp³-hybridized carbons (Fsp3) is 0.654. The maximum absolute atomic E-state index is 13.2. The summed E-state index contributed by atoms with van der Waals surface area (Å²) in [6.45, 7) is 9.51. The SMILES string of the molecule is CC(C)(C)C1CCC2(CC1)NC(=O)N(CC(=O)Nc1cccc(CN3CCCCC3)c1)C2=O. The summed E-state index contributed by atoms with van der Waals surface area (Å²) in [6.07, 6.45) is 6.85. The Morgan fingerprint density at radius 2 is 1.82 bits per heavy atom. The minimum atomic E-state index is -0.840. The lowest BCUT2D eigenvalue weighted by molar-refractivity contribution is -0.135. The number of imide groups is 1. The first-order valence-corrected chi connectivity index (χ1v) is 12.4. The molecule has 3 fully saturated rings. The number of urea groups is 1. The van der Waals surface area contributed by atoms with E-state index in [1.54, 1.807) is 0 Å². The van der Waals surface area contributed by atoms with Crippen molar-refractivity contribution in [3.8, 4) is 0 Å². The zero-order chi connectivity index (χ0) is 23.6. The number of hydrogen-bond acceptors (Lipinski definition) is 4. The summed E-state index contributed by atoms with van der Waals surface area (Å²) in [6, 6.07) is 7.38. The molecule has 1 aliphatic carbocycles. The third kappa shape index (κ3) is 5.40. The van der Waals surface area contributed by atoms with E-state index in [-0.39, 0.29) is 23.8 Å². The van der Waals surface area contributed by atoms with Crippen molar-refractivity contribution in [1.82, 2.24) is 15.1 Å². The summed E-state index contributed by atoms with van der Waals surface area (Å²) in [4.78, 5) is 42.0. The number of carbonyl (C=O) groups is 3. The van der Waals surface area contributed by atoms with Gasteiger partial charge < -0.3 is 10.6 Å². The quantitative estimate of drug-likeness (QED) is 0.655. The van der Waals surface area contributed by atoms with Crippen LogP contribution < -0.4 is 10.6 Å². The summed E-state index contributed by atoms with van der Waals surface area (Å²) in [7, 11) is 0. The lowest BCUT2D eigenvalue weighted by Crippen LogP contribution is -2.50. The monoisotopic (exact) mass is 454 g/mol. The first-order valence-electron chi connectivity index (χ1n) is 12.4. The van der Waals surface area contributed by atoms with Crippen LogP contribution in [0.2, 0.25) is 0 Å². The number of nitrogens with zero attached hydrogens (tertiary/aromatic N) is 2. The van der Waals surface area contributed by atoms with Crippen LogP contribution in [-0.4, -0.2) is 52.8 Å². The van der Waals surface area contributed by atoms with Gasteiger partial charge >= 0.3 is 6.03 Å². The van der Waals surface area contributed by atoms with Gasteiger partial charge in [-0.05, 0) is 80.6 Å². The number of hydrogen-bond donors (Lipinski definition) is 2. The van der Waals surface area contributed by atoms with Crippen LogP contribution >= 0.6 is 0 Å². The van der Waals surface area contributed by atoms with Crippen molar-refractivity contribution in [3.05, 3.63) is 29.8 Å². The van der Waals surface area contributed by atoms with Gasteiger partial charge in [0.1, 0.15) is 12.1 Å². The van der Waals surface area contributed by atoms with Crippen LogP contribution in [0.1, 0.15) is 71.3 Å². The molecular weight excluding hydrogens is 416 g/mol. The summed E-state index contributed by atoms with van der Waals surface area (Å²) in [5.41, 5.74) is 1.20. The average Bonchev–Trinajstić information content (AvgIpc) is 2.98. The van der Waals surface area contributed by atoms with Crippen LogP contribution in [0.25, 0.3) is 0 Å². The molecule has 33 heavy (non-hydrogen) atoms. The van der Waals surface area contributed by atoms with Crippen LogP contribution in [0, 0.1) is 11.3 Å². The molecule has 7 nitrogen and oxygen atoms in total. The summed E-state index contributed by atoms with van der Waals surface area (Å²) >= 11 is 0. The molecule has 1 aromatic carbocycles. The third-order valence-electron chi connectivity index (χ3n) is 7.68. The fourth-order valence-corrected chi connectivity index (χ4v) is 5.60. The molecule has 180 valence electrons. The number of nitrogens with one attached hydrogen (secondary N) is 2. The molecule has 1 saturated carbocycles. The largest absolute Gasteiger partial charge is 0.325 e. The summed E-state index contributed by atoms with van der Waals surface area (Å²) < 4.78 is 0. The zero-order valence-corrected chi connectivity index (χ0v) is 20.3. The molecule has 1 aromatic rings. The molecule has 1 spiro atoms. The summed E-state index contributed by atoms with van der Waals surface area (Å²) in [5.74, 6) is -0.0784. The second-order valence-electron chi connectivity index (χ2n) is 11.1. The first kappa shape index (κ1) is 23.7. The van der Waals surface area contributed by atoms with E-state index in [0.29, 0.717) is 24.4 Å². The second kappa shape index (κ2) is 9.45. The Bertz CT molecular complexity index is 893. The van der Waals surface area contributed by atoms with Gasteiger partial charge in [-0.25, -0.2) is 4.79 Å². The van der Waals surface area contributed by atoms with Gasteiger partial charge in [-0.1, -0.05) is 39.3 Å². The summed E-state index contributed by atoms with van der Waals surface area (Å²) in [5, 5.41) is 5.79. The van der Waals surface area contributed by atoms with E-state index in [2.05, 4.69) is 42.4 Å². The Kier molecular flexibility index (Phi) is 6.80. The second-order valence-corrected chi connectivity index (χ2v) is 11.1. The van der Waals surface area contributed by atoms with Crippen molar-refractivity contribution in [1.29, 1.82) is 0 Å². The minimum Gasteiger partial charge on any atom is -0.325 e. The minimum absolute atomic E-state index is 0.190. The Labute approximate surface area is 197 Å². The number of anilines is 1. The van der Waals surface area contributed by atoms with Crippen molar-refractivity contribution >= 4 is 23.5 Å². The molecule has 0 unspecified atom stereocenters. The van der Waals surface area contributed by atoms with Gasteiger partial charge in [-0.2, -0.15) is 0 Å². The van der Waals surface area contributed by atoms with E-state index >= 15 is 0 Å². The number of carbonyl (C=O) groups excluding carboxylic acids is 3. The smallest absolute Gasteiger partial charge is 0.325 e. The highest BCUT2D eigenvalue weighted by atomic mass is 16.2. The Morgan fingerprint density at radius 1 is 1.12 bits per heavy atom. The molecule has 7 heteroatoms. The number of benzene rings is 1. The van der Waals surface area contributed by atoms with Crippen molar-refractivity contribution in [2.75, 3.05) is 25.0 Å². The molecule has 2 heterocycles. The van der Waals surface area contributed by atoms with Crippen LogP contribution in [0.3, 0.4) is 0 Å². The van der Waals surface area contributed by atoms with Gasteiger partial charge in [-0.15, -0.1) is 0 Å². The van der Waals surface area contributed by atoms with Crippen molar-refractivity contribution in [2.24, 2.45) is 11.3 Å². The first-order chi connectivity index (χ1) is 15.7. The van der Waals surface area contributed by atoms with Crippen molar-refractivity contribution in [3.63, 3.8) is 0 Å². The average molecular weight is 455 g/mol. The van der Waals surface area contributed by atoms with Gasteiger partial charge in [0.25, 0.3) is 5.91 Å². The van der Waals surface area contributed by atoms with Crippen molar-refractivity contribution < 1.29 is 14.4 Å². The molecule has 2 aliphatic heterocycles. The highest BCUT2D eigenvalue weighted by Crippen LogP contribution is 2.43. The molecule has 4 rings (SSSR count). The van der Waals surface area contributed by atoms with Gasteiger partial charge in [0.15, 0.2) is 0 Å². The fourth-order valence-electron chi connectivity index (χ4n) is 5.60. The number of piperidine rings is 1. The molecule has 0 radical (unpaired) electrons. The van der Waals surface area contributed by atoms with Gasteiger partial charge in [0.05, 0.1) is 0 Å². The van der Waals surface area contributed by atoms with Gasteiger partial charge in [-0.3, -0.25) is 19.4 Å². The van der Waals surface area contributed by atoms with E-state index in [1.165, 1.54) is 19.3 Å². The lowest BCUT2D eigenvalue weighted by Gasteiger charge is -2.40. The Hall–Kier alpha value is -2.41. The van der Waals surface area contributed by atoms with Gasteiger partial charge in [0, 0.05) is 12.2 Å². The molecule has 3 aliphatic rings. The topological polar surface area (TPSA) is 81.8 Å². The van der Waals surface area contributed by atoms with E-state index in [1.807, 2.05) is 18.2 Å². The molecule has 4 amide bonds. The molecule has 2 saturated heterocycles. The van der Waals surface area contributed by atoms with Crippen LogP contribution in [0.4, 0.5) is 10.5 Å². The van der Waals surface area contributed by atoms with Crippen LogP contribution in [-0.2, 0) is 16.1 Å². The number of likely N-dealkylation sites (tertiary alicyclic amines) is 1. The molecule has 0 bridgehead atoms. The van der Waals surface area contributed by atoms with Gasteiger partial charge in [0.2, 0.25) is 5.91 Å².